The number of hydrogen-bond acceptors (Lipinski definition) is 3. The highest BCUT2D eigenvalue weighted by Crippen LogP contribution is 2.16. The Labute approximate surface area is 125 Å². The van der Waals surface area contributed by atoms with Gasteiger partial charge in [-0.3, -0.25) is 4.98 Å². The van der Waals surface area contributed by atoms with E-state index in [0.29, 0.717) is 19.5 Å². The van der Waals surface area contributed by atoms with E-state index in [1.54, 1.807) is 31.3 Å². The molecule has 0 unspecified atom stereocenters. The fraction of sp³-hybridized carbons (Fsp3) is 0.533. The molecule has 6 nitrogen and oxygen atoms in total. The van der Waals surface area contributed by atoms with Crippen molar-refractivity contribution in [3.8, 4) is 0 Å². The maximum absolute atomic E-state index is 12.4. The molecule has 1 aromatic rings. The van der Waals surface area contributed by atoms with Crippen LogP contribution in [-0.4, -0.2) is 57.6 Å². The number of carboxylic acid groups (broad SMARTS) is 1. The van der Waals surface area contributed by atoms with E-state index in [-0.39, 0.29) is 6.03 Å². The van der Waals surface area contributed by atoms with E-state index in [2.05, 4.69) is 4.98 Å². The number of carbonyl (C=O) groups is 2. The van der Waals surface area contributed by atoms with Crippen molar-refractivity contribution in [2.24, 2.45) is 0 Å². The predicted molar refractivity (Wildman–Crippen MR) is 80.1 cm³/mol. The van der Waals surface area contributed by atoms with E-state index < -0.39 is 11.5 Å². The van der Waals surface area contributed by atoms with Gasteiger partial charge in [-0.2, -0.15) is 0 Å². The van der Waals surface area contributed by atoms with Gasteiger partial charge in [0.15, 0.2) is 0 Å². The molecule has 0 aliphatic heterocycles. The Kier molecular flexibility index (Phi) is 5.69. The number of pyridine rings is 1. The summed E-state index contributed by atoms with van der Waals surface area (Å²) >= 11 is 0. The number of likely N-dealkylation sites (N-methyl/N-ethyl adjacent to an activating group) is 2. The lowest BCUT2D eigenvalue weighted by Gasteiger charge is -2.37. The fourth-order valence-corrected chi connectivity index (χ4v) is 2.03. The highest BCUT2D eigenvalue weighted by molar-refractivity contribution is 5.85. The summed E-state index contributed by atoms with van der Waals surface area (Å²) < 4.78 is 0. The molecule has 21 heavy (non-hydrogen) atoms. The van der Waals surface area contributed by atoms with E-state index in [4.69, 9.17) is 0 Å². The number of aromatic nitrogens is 1. The zero-order valence-corrected chi connectivity index (χ0v) is 13.0. The predicted octanol–water partition coefficient (Wildman–Crippen LogP) is 1.86. The topological polar surface area (TPSA) is 73.7 Å². The van der Waals surface area contributed by atoms with Crippen molar-refractivity contribution in [1.29, 1.82) is 0 Å². The molecule has 0 radical (unpaired) electrons. The van der Waals surface area contributed by atoms with Crippen LogP contribution in [0.15, 0.2) is 24.5 Å². The van der Waals surface area contributed by atoms with Crippen molar-refractivity contribution in [3.63, 3.8) is 0 Å². The molecule has 1 aromatic heterocycles. The quantitative estimate of drug-likeness (QED) is 0.869. The summed E-state index contributed by atoms with van der Waals surface area (Å²) in [6.45, 7) is 5.72. The van der Waals surface area contributed by atoms with Crippen LogP contribution in [-0.2, 0) is 11.2 Å². The Morgan fingerprint density at radius 2 is 1.86 bits per heavy atom. The number of amides is 2. The second kappa shape index (κ2) is 7.06. The monoisotopic (exact) mass is 293 g/mol. The second-order valence-corrected chi connectivity index (χ2v) is 5.42. The summed E-state index contributed by atoms with van der Waals surface area (Å²) in [6.07, 6.45) is 4.13. The van der Waals surface area contributed by atoms with Gasteiger partial charge in [0.25, 0.3) is 0 Å². The Hall–Kier alpha value is -2.11. The van der Waals surface area contributed by atoms with Gasteiger partial charge in [-0.15, -0.1) is 0 Å². The highest BCUT2D eigenvalue weighted by Gasteiger charge is 2.37. The Morgan fingerprint density at radius 3 is 2.33 bits per heavy atom. The third kappa shape index (κ3) is 4.18. The molecule has 2 amide bonds. The van der Waals surface area contributed by atoms with Gasteiger partial charge in [0.1, 0.15) is 5.54 Å². The first-order valence-electron chi connectivity index (χ1n) is 6.95. The zero-order chi connectivity index (χ0) is 16.0. The Bertz CT molecular complexity index is 488. The van der Waals surface area contributed by atoms with Crippen LogP contribution in [0.2, 0.25) is 0 Å². The van der Waals surface area contributed by atoms with Gasteiger partial charge in [0, 0.05) is 32.5 Å². The van der Waals surface area contributed by atoms with Crippen LogP contribution in [0.3, 0.4) is 0 Å². The summed E-state index contributed by atoms with van der Waals surface area (Å²) in [7, 11) is 1.68. The minimum absolute atomic E-state index is 0.279. The third-order valence-corrected chi connectivity index (χ3v) is 3.56. The van der Waals surface area contributed by atoms with Crippen LogP contribution in [0.25, 0.3) is 0 Å². The number of rotatable bonds is 6. The van der Waals surface area contributed by atoms with Crippen LogP contribution < -0.4 is 0 Å². The smallest absolute Gasteiger partial charge is 0.329 e. The van der Waals surface area contributed by atoms with E-state index in [9.17, 15) is 14.7 Å². The molecular weight excluding hydrogens is 270 g/mol. The van der Waals surface area contributed by atoms with E-state index in [0.717, 1.165) is 5.56 Å². The van der Waals surface area contributed by atoms with Gasteiger partial charge >= 0.3 is 12.0 Å². The van der Waals surface area contributed by atoms with Gasteiger partial charge in [-0.25, -0.2) is 9.59 Å². The molecule has 0 spiro atoms. The van der Waals surface area contributed by atoms with Crippen molar-refractivity contribution in [3.05, 3.63) is 30.1 Å². The van der Waals surface area contributed by atoms with E-state index >= 15 is 0 Å². The number of hydrogen-bond donors (Lipinski definition) is 1. The molecule has 0 aromatic carbocycles. The minimum atomic E-state index is -1.23. The lowest BCUT2D eigenvalue weighted by Crippen LogP contribution is -2.56. The molecule has 0 atom stereocenters. The van der Waals surface area contributed by atoms with Crippen molar-refractivity contribution >= 4 is 12.0 Å². The van der Waals surface area contributed by atoms with Crippen molar-refractivity contribution in [2.45, 2.75) is 32.7 Å². The molecule has 0 fully saturated rings. The summed E-state index contributed by atoms with van der Waals surface area (Å²) in [5.41, 5.74) is -0.137. The maximum atomic E-state index is 12.4. The van der Waals surface area contributed by atoms with E-state index in [1.807, 2.05) is 12.1 Å². The van der Waals surface area contributed by atoms with Gasteiger partial charge in [-0.05, 0) is 44.9 Å². The molecule has 1 N–H and O–H groups in total. The van der Waals surface area contributed by atoms with Crippen LogP contribution in [0, 0.1) is 0 Å². The van der Waals surface area contributed by atoms with Crippen LogP contribution >= 0.6 is 0 Å². The number of nitrogens with zero attached hydrogens (tertiary/aromatic N) is 3. The standard InChI is InChI=1S/C15H23N3O3/c1-5-18(15(2,3)13(19)20)14(21)17(4)11-8-12-6-9-16-10-7-12/h6-7,9-10H,5,8,11H2,1-4H3,(H,19,20). The molecular formula is C15H23N3O3. The second-order valence-electron chi connectivity index (χ2n) is 5.42. The zero-order valence-electron chi connectivity index (χ0n) is 13.0. The normalized spacial score (nSPS) is 11.0. The first kappa shape index (κ1) is 16.9. The molecule has 0 aliphatic rings. The molecule has 6 heteroatoms. The van der Waals surface area contributed by atoms with Crippen LogP contribution in [0.1, 0.15) is 26.3 Å². The van der Waals surface area contributed by atoms with Crippen molar-refractivity contribution < 1.29 is 14.7 Å². The first-order chi connectivity index (χ1) is 9.80. The Balaban J connectivity index is 2.70. The van der Waals surface area contributed by atoms with Gasteiger partial charge in [0.2, 0.25) is 0 Å². The fourth-order valence-electron chi connectivity index (χ4n) is 2.03. The summed E-state index contributed by atoms with van der Waals surface area (Å²) in [5.74, 6) is -1.01. The summed E-state index contributed by atoms with van der Waals surface area (Å²) in [5, 5.41) is 9.26. The first-order valence-corrected chi connectivity index (χ1v) is 6.95. The number of aliphatic carboxylic acids is 1. The summed E-state index contributed by atoms with van der Waals surface area (Å²) in [4.78, 5) is 30.6. The van der Waals surface area contributed by atoms with Gasteiger partial charge in [-0.1, -0.05) is 0 Å². The SMILES string of the molecule is CCN(C(=O)N(C)CCc1ccncc1)C(C)(C)C(=O)O. The molecule has 116 valence electrons. The average molecular weight is 293 g/mol. The number of carbonyl (C=O) groups excluding carboxylic acids is 1. The number of urea groups is 1. The lowest BCUT2D eigenvalue weighted by molar-refractivity contribution is -0.147. The molecule has 0 saturated heterocycles. The third-order valence-electron chi connectivity index (χ3n) is 3.56. The molecule has 1 rings (SSSR count). The van der Waals surface area contributed by atoms with Crippen LogP contribution in [0.4, 0.5) is 4.79 Å². The van der Waals surface area contributed by atoms with Crippen molar-refractivity contribution in [1.82, 2.24) is 14.8 Å². The van der Waals surface area contributed by atoms with Crippen LogP contribution in [0.5, 0.6) is 0 Å². The molecule has 0 saturated carbocycles. The van der Waals surface area contributed by atoms with Gasteiger partial charge in [0.05, 0.1) is 0 Å². The highest BCUT2D eigenvalue weighted by atomic mass is 16.4. The molecule has 0 aliphatic carbocycles. The van der Waals surface area contributed by atoms with Crippen molar-refractivity contribution in [2.75, 3.05) is 20.1 Å². The average Bonchev–Trinajstić information content (AvgIpc) is 2.46. The summed E-state index contributed by atoms with van der Waals surface area (Å²) in [6, 6.07) is 3.52. The Morgan fingerprint density at radius 1 is 1.29 bits per heavy atom. The largest absolute Gasteiger partial charge is 0.480 e. The minimum Gasteiger partial charge on any atom is -0.480 e. The van der Waals surface area contributed by atoms with E-state index in [1.165, 1.54) is 18.7 Å². The molecule has 1 heterocycles. The number of carboxylic acids is 1. The van der Waals surface area contributed by atoms with Gasteiger partial charge < -0.3 is 14.9 Å². The maximum Gasteiger partial charge on any atom is 0.329 e. The lowest BCUT2D eigenvalue weighted by atomic mass is 10.0. The molecule has 0 bridgehead atoms.